The van der Waals surface area contributed by atoms with Crippen molar-refractivity contribution < 1.29 is 14.1 Å². The number of hydrogen-bond acceptors (Lipinski definition) is 7. The molecule has 8 nitrogen and oxygen atoms in total. The zero-order chi connectivity index (χ0) is 17.5. The summed E-state index contributed by atoms with van der Waals surface area (Å²) >= 11 is 0. The minimum atomic E-state index is -0.00980. The van der Waals surface area contributed by atoms with Gasteiger partial charge < -0.3 is 14.6 Å². The molecule has 0 radical (unpaired) electrons. The van der Waals surface area contributed by atoms with E-state index < -0.39 is 0 Å². The molecule has 1 aliphatic heterocycles. The van der Waals surface area contributed by atoms with Crippen molar-refractivity contribution in [2.45, 2.75) is 25.8 Å². The number of ether oxygens (including phenoxy) is 1. The van der Waals surface area contributed by atoms with E-state index in [4.69, 9.17) is 9.26 Å². The summed E-state index contributed by atoms with van der Waals surface area (Å²) in [6, 6.07) is 3.73. The highest BCUT2D eigenvalue weighted by molar-refractivity contribution is 5.76. The van der Waals surface area contributed by atoms with Crippen LogP contribution in [0.2, 0.25) is 0 Å². The van der Waals surface area contributed by atoms with Crippen LogP contribution in [0.25, 0.3) is 11.4 Å². The van der Waals surface area contributed by atoms with Gasteiger partial charge in [-0.2, -0.15) is 4.98 Å². The molecule has 1 saturated heterocycles. The van der Waals surface area contributed by atoms with E-state index in [1.165, 1.54) is 0 Å². The van der Waals surface area contributed by atoms with Gasteiger partial charge in [0.2, 0.25) is 17.6 Å². The molecule has 0 bridgehead atoms. The summed E-state index contributed by atoms with van der Waals surface area (Å²) < 4.78 is 10.5. The van der Waals surface area contributed by atoms with Crippen molar-refractivity contribution in [1.82, 2.24) is 25.3 Å². The fraction of sp³-hybridized carbons (Fsp3) is 0.529. The van der Waals surface area contributed by atoms with Crippen LogP contribution in [-0.4, -0.2) is 64.8 Å². The van der Waals surface area contributed by atoms with Crippen molar-refractivity contribution in [3.05, 3.63) is 30.4 Å². The highest BCUT2D eigenvalue weighted by Crippen LogP contribution is 2.14. The third kappa shape index (κ3) is 5.33. The largest absolute Gasteiger partial charge is 0.379 e. The minimum absolute atomic E-state index is 0.00980. The number of aryl methyl sites for hydroxylation is 1. The summed E-state index contributed by atoms with van der Waals surface area (Å²) in [5.41, 5.74) is 0.841. The van der Waals surface area contributed by atoms with Crippen LogP contribution >= 0.6 is 0 Å². The van der Waals surface area contributed by atoms with Gasteiger partial charge in [0, 0.05) is 56.5 Å². The van der Waals surface area contributed by atoms with Crippen LogP contribution in [0.3, 0.4) is 0 Å². The Morgan fingerprint density at radius 3 is 2.84 bits per heavy atom. The van der Waals surface area contributed by atoms with Crippen molar-refractivity contribution in [2.24, 2.45) is 0 Å². The SMILES string of the molecule is C[C@H](CN1CCOCC1)NC(=O)CCc1nc(-c2ccncc2)no1. The predicted octanol–water partition coefficient (Wildman–Crippen LogP) is 0.901. The van der Waals surface area contributed by atoms with Crippen LogP contribution in [-0.2, 0) is 16.0 Å². The van der Waals surface area contributed by atoms with Gasteiger partial charge in [0.1, 0.15) is 0 Å². The van der Waals surface area contributed by atoms with Gasteiger partial charge in [-0.05, 0) is 19.1 Å². The summed E-state index contributed by atoms with van der Waals surface area (Å²) in [6.45, 7) is 6.21. The van der Waals surface area contributed by atoms with Gasteiger partial charge in [-0.3, -0.25) is 14.7 Å². The van der Waals surface area contributed by atoms with Gasteiger partial charge in [0.25, 0.3) is 0 Å². The zero-order valence-corrected chi connectivity index (χ0v) is 14.4. The lowest BCUT2D eigenvalue weighted by Crippen LogP contribution is -2.46. The average molecular weight is 345 g/mol. The number of hydrogen-bond donors (Lipinski definition) is 1. The Hall–Kier alpha value is -2.32. The summed E-state index contributed by atoms with van der Waals surface area (Å²) in [5.74, 6) is 0.964. The molecule has 0 unspecified atom stereocenters. The van der Waals surface area contributed by atoms with E-state index in [2.05, 4.69) is 25.3 Å². The van der Waals surface area contributed by atoms with E-state index in [1.807, 2.05) is 19.1 Å². The van der Waals surface area contributed by atoms with E-state index in [0.29, 0.717) is 24.6 Å². The van der Waals surface area contributed by atoms with E-state index in [1.54, 1.807) is 12.4 Å². The third-order valence-electron chi connectivity index (χ3n) is 4.02. The lowest BCUT2D eigenvalue weighted by molar-refractivity contribution is -0.121. The Bertz CT molecular complexity index is 670. The molecule has 0 aromatic carbocycles. The minimum Gasteiger partial charge on any atom is -0.379 e. The number of carbonyl (C=O) groups is 1. The Kier molecular flexibility index (Phi) is 6.08. The summed E-state index contributed by atoms with van der Waals surface area (Å²) in [7, 11) is 0. The normalized spacial score (nSPS) is 16.5. The second-order valence-electron chi connectivity index (χ2n) is 6.13. The van der Waals surface area contributed by atoms with Crippen molar-refractivity contribution in [3.8, 4) is 11.4 Å². The Labute approximate surface area is 146 Å². The fourth-order valence-electron chi connectivity index (χ4n) is 2.76. The van der Waals surface area contributed by atoms with Crippen molar-refractivity contribution in [3.63, 3.8) is 0 Å². The molecule has 3 rings (SSSR count). The van der Waals surface area contributed by atoms with Crippen LogP contribution in [0, 0.1) is 0 Å². The molecular formula is C17H23N5O3. The molecule has 1 N–H and O–H groups in total. The van der Waals surface area contributed by atoms with Gasteiger partial charge in [-0.25, -0.2) is 0 Å². The van der Waals surface area contributed by atoms with Crippen molar-refractivity contribution in [2.75, 3.05) is 32.8 Å². The molecule has 25 heavy (non-hydrogen) atoms. The molecule has 8 heteroatoms. The van der Waals surface area contributed by atoms with Crippen LogP contribution in [0.15, 0.2) is 29.0 Å². The molecule has 0 spiro atoms. The second kappa shape index (κ2) is 8.68. The Morgan fingerprint density at radius 2 is 2.08 bits per heavy atom. The maximum absolute atomic E-state index is 12.1. The molecular weight excluding hydrogens is 322 g/mol. The predicted molar refractivity (Wildman–Crippen MR) is 90.7 cm³/mol. The maximum Gasteiger partial charge on any atom is 0.227 e. The molecule has 1 aliphatic rings. The smallest absolute Gasteiger partial charge is 0.227 e. The lowest BCUT2D eigenvalue weighted by Gasteiger charge is -2.29. The first kappa shape index (κ1) is 17.5. The quantitative estimate of drug-likeness (QED) is 0.797. The topological polar surface area (TPSA) is 93.4 Å². The second-order valence-corrected chi connectivity index (χ2v) is 6.13. The first-order chi connectivity index (χ1) is 12.2. The fourth-order valence-corrected chi connectivity index (χ4v) is 2.76. The van der Waals surface area contributed by atoms with E-state index in [0.717, 1.165) is 38.4 Å². The van der Waals surface area contributed by atoms with Gasteiger partial charge in [0.15, 0.2) is 0 Å². The number of carbonyl (C=O) groups excluding carboxylic acids is 1. The van der Waals surface area contributed by atoms with E-state index in [9.17, 15) is 4.79 Å². The highest BCUT2D eigenvalue weighted by atomic mass is 16.5. The van der Waals surface area contributed by atoms with Gasteiger partial charge in [-0.1, -0.05) is 5.16 Å². The summed E-state index contributed by atoms with van der Waals surface area (Å²) in [6.07, 6.45) is 4.10. The first-order valence-electron chi connectivity index (χ1n) is 8.53. The molecule has 1 atom stereocenters. The standard InChI is InChI=1S/C17H23N5O3/c1-13(12-22-8-10-24-11-9-22)19-15(23)2-3-16-20-17(21-25-16)14-4-6-18-7-5-14/h4-7,13H,2-3,8-12H2,1H3,(H,19,23)/t13-/m1/s1. The van der Waals surface area contributed by atoms with Gasteiger partial charge in [-0.15, -0.1) is 0 Å². The highest BCUT2D eigenvalue weighted by Gasteiger charge is 2.16. The third-order valence-corrected chi connectivity index (χ3v) is 4.02. The van der Waals surface area contributed by atoms with Gasteiger partial charge >= 0.3 is 0 Å². The number of nitrogens with zero attached hydrogens (tertiary/aromatic N) is 4. The Morgan fingerprint density at radius 1 is 1.32 bits per heavy atom. The molecule has 1 fully saturated rings. The summed E-state index contributed by atoms with van der Waals surface area (Å²) in [4.78, 5) is 22.7. The number of pyridine rings is 1. The molecule has 1 amide bonds. The first-order valence-corrected chi connectivity index (χ1v) is 8.53. The Balaban J connectivity index is 1.42. The average Bonchev–Trinajstić information content (AvgIpc) is 3.10. The number of morpholine rings is 1. The number of nitrogens with one attached hydrogen (secondary N) is 1. The molecule has 134 valence electrons. The zero-order valence-electron chi connectivity index (χ0n) is 14.4. The van der Waals surface area contributed by atoms with Crippen LogP contribution in [0.4, 0.5) is 0 Å². The monoisotopic (exact) mass is 345 g/mol. The van der Waals surface area contributed by atoms with E-state index in [-0.39, 0.29) is 11.9 Å². The van der Waals surface area contributed by atoms with Crippen LogP contribution < -0.4 is 5.32 Å². The lowest BCUT2D eigenvalue weighted by atomic mass is 10.2. The molecule has 0 aliphatic carbocycles. The van der Waals surface area contributed by atoms with Crippen LogP contribution in [0.5, 0.6) is 0 Å². The molecule has 2 aromatic heterocycles. The summed E-state index contributed by atoms with van der Waals surface area (Å²) in [5, 5.41) is 6.95. The maximum atomic E-state index is 12.1. The van der Waals surface area contributed by atoms with Crippen molar-refractivity contribution in [1.29, 1.82) is 0 Å². The van der Waals surface area contributed by atoms with Gasteiger partial charge in [0.05, 0.1) is 13.2 Å². The number of rotatable bonds is 7. The number of amides is 1. The van der Waals surface area contributed by atoms with E-state index >= 15 is 0 Å². The van der Waals surface area contributed by atoms with Crippen LogP contribution in [0.1, 0.15) is 19.2 Å². The van der Waals surface area contributed by atoms with Crippen molar-refractivity contribution >= 4 is 5.91 Å². The molecule has 2 aromatic rings. The molecule has 0 saturated carbocycles. The molecule has 3 heterocycles. The number of aromatic nitrogens is 3.